The number of hydrogen-bond acceptors (Lipinski definition) is 2. The van der Waals surface area contributed by atoms with E-state index in [2.05, 4.69) is 18.3 Å². The molecule has 0 aliphatic carbocycles. The summed E-state index contributed by atoms with van der Waals surface area (Å²) in [6.45, 7) is 5.06. The van der Waals surface area contributed by atoms with Crippen molar-refractivity contribution in [2.45, 2.75) is 32.6 Å². The third-order valence-electron chi connectivity index (χ3n) is 4.45. The minimum absolute atomic E-state index is 0.203. The smallest absolute Gasteiger partial charge is 0.253 e. The fourth-order valence-corrected chi connectivity index (χ4v) is 3.19. The normalized spacial score (nSPS) is 21.9. The first-order valence-corrected chi connectivity index (χ1v) is 7.44. The lowest BCUT2D eigenvalue weighted by molar-refractivity contribution is 0.0671. The van der Waals surface area contributed by atoms with Crippen LogP contribution in [-0.4, -0.2) is 30.4 Å². The van der Waals surface area contributed by atoms with Crippen LogP contribution in [0, 0.1) is 5.92 Å². The van der Waals surface area contributed by atoms with Crippen LogP contribution in [0.2, 0.25) is 0 Å². The largest absolute Gasteiger partial charge is 0.384 e. The second-order valence-electron chi connectivity index (χ2n) is 5.72. The number of benzene rings is 1. The Kier molecular flexibility index (Phi) is 3.45. The summed E-state index contributed by atoms with van der Waals surface area (Å²) in [5, 5.41) is 3.35. The van der Waals surface area contributed by atoms with Crippen LogP contribution in [-0.2, 0) is 6.42 Å². The second kappa shape index (κ2) is 5.24. The van der Waals surface area contributed by atoms with Crippen molar-refractivity contribution in [2.24, 2.45) is 5.92 Å². The van der Waals surface area contributed by atoms with E-state index in [1.54, 1.807) is 0 Å². The van der Waals surface area contributed by atoms with E-state index in [9.17, 15) is 4.79 Å². The van der Waals surface area contributed by atoms with Crippen LogP contribution in [0.5, 0.6) is 0 Å². The van der Waals surface area contributed by atoms with Gasteiger partial charge in [0.1, 0.15) is 0 Å². The first kappa shape index (κ1) is 12.5. The van der Waals surface area contributed by atoms with Crippen molar-refractivity contribution >= 4 is 11.6 Å². The SMILES string of the molecule is CCC1CCCN(C(=O)c2ccc3c(c2)NCC3)C1. The molecule has 1 N–H and O–H groups in total. The van der Waals surface area contributed by atoms with Crippen LogP contribution in [0.25, 0.3) is 0 Å². The minimum Gasteiger partial charge on any atom is -0.384 e. The quantitative estimate of drug-likeness (QED) is 0.884. The van der Waals surface area contributed by atoms with Crippen molar-refractivity contribution in [3.63, 3.8) is 0 Å². The Hall–Kier alpha value is -1.51. The fraction of sp³-hybridized carbons (Fsp3) is 0.562. The minimum atomic E-state index is 0.203. The van der Waals surface area contributed by atoms with Crippen molar-refractivity contribution in [1.29, 1.82) is 0 Å². The van der Waals surface area contributed by atoms with Crippen molar-refractivity contribution in [1.82, 2.24) is 4.90 Å². The van der Waals surface area contributed by atoms with Crippen molar-refractivity contribution in [3.05, 3.63) is 29.3 Å². The predicted molar refractivity (Wildman–Crippen MR) is 77.6 cm³/mol. The molecule has 3 heteroatoms. The van der Waals surface area contributed by atoms with Gasteiger partial charge in [-0.25, -0.2) is 0 Å². The standard InChI is InChI=1S/C16H22N2O/c1-2-12-4-3-9-18(11-12)16(19)14-6-5-13-7-8-17-15(13)10-14/h5-6,10,12,17H,2-4,7-9,11H2,1H3. The molecule has 19 heavy (non-hydrogen) atoms. The molecule has 1 aromatic carbocycles. The topological polar surface area (TPSA) is 32.3 Å². The average Bonchev–Trinajstić information content (AvgIpc) is 2.94. The number of hydrogen-bond donors (Lipinski definition) is 1. The highest BCUT2D eigenvalue weighted by molar-refractivity contribution is 5.95. The molecule has 3 rings (SSSR count). The summed E-state index contributed by atoms with van der Waals surface area (Å²) in [6, 6.07) is 6.12. The van der Waals surface area contributed by atoms with Gasteiger partial charge in [0.2, 0.25) is 0 Å². The number of anilines is 1. The van der Waals surface area contributed by atoms with E-state index in [1.165, 1.54) is 18.4 Å². The summed E-state index contributed by atoms with van der Waals surface area (Å²) in [5.41, 5.74) is 3.32. The van der Waals surface area contributed by atoms with E-state index < -0.39 is 0 Å². The van der Waals surface area contributed by atoms with Gasteiger partial charge >= 0.3 is 0 Å². The number of likely N-dealkylation sites (tertiary alicyclic amines) is 1. The third-order valence-corrected chi connectivity index (χ3v) is 4.45. The lowest BCUT2D eigenvalue weighted by atomic mass is 9.95. The molecule has 1 unspecified atom stereocenters. The van der Waals surface area contributed by atoms with E-state index in [4.69, 9.17) is 0 Å². The maximum Gasteiger partial charge on any atom is 0.253 e. The molecule has 2 heterocycles. The van der Waals surface area contributed by atoms with Crippen LogP contribution in [0.15, 0.2) is 18.2 Å². The Bertz CT molecular complexity index is 484. The van der Waals surface area contributed by atoms with E-state index in [0.29, 0.717) is 5.92 Å². The van der Waals surface area contributed by atoms with Crippen LogP contribution in [0.3, 0.4) is 0 Å². The lowest BCUT2D eigenvalue weighted by Gasteiger charge is -2.32. The van der Waals surface area contributed by atoms with Gasteiger partial charge in [-0.1, -0.05) is 19.4 Å². The number of nitrogens with one attached hydrogen (secondary N) is 1. The molecular weight excluding hydrogens is 236 g/mol. The van der Waals surface area contributed by atoms with Crippen molar-refractivity contribution < 1.29 is 4.79 Å². The maximum absolute atomic E-state index is 12.6. The Balaban J connectivity index is 1.76. The summed E-state index contributed by atoms with van der Waals surface area (Å²) in [7, 11) is 0. The van der Waals surface area contributed by atoms with E-state index in [0.717, 1.165) is 43.7 Å². The molecule has 2 aliphatic rings. The third kappa shape index (κ3) is 2.46. The maximum atomic E-state index is 12.6. The first-order valence-electron chi connectivity index (χ1n) is 7.44. The van der Waals surface area contributed by atoms with Crippen molar-refractivity contribution in [2.75, 3.05) is 25.0 Å². The number of carbonyl (C=O) groups excluding carboxylic acids is 1. The Morgan fingerprint density at radius 3 is 3.21 bits per heavy atom. The molecule has 0 spiro atoms. The van der Waals surface area contributed by atoms with Gasteiger partial charge in [0.15, 0.2) is 0 Å². The van der Waals surface area contributed by atoms with Crippen LogP contribution >= 0.6 is 0 Å². The number of rotatable bonds is 2. The van der Waals surface area contributed by atoms with E-state index in [-0.39, 0.29) is 5.91 Å². The number of piperidine rings is 1. The molecule has 0 bridgehead atoms. The molecule has 1 aromatic rings. The molecule has 102 valence electrons. The molecule has 0 aromatic heterocycles. The summed E-state index contributed by atoms with van der Waals surface area (Å²) < 4.78 is 0. The second-order valence-corrected chi connectivity index (χ2v) is 5.72. The van der Waals surface area contributed by atoms with Crippen LogP contribution < -0.4 is 5.32 Å². The zero-order chi connectivity index (χ0) is 13.2. The molecule has 0 radical (unpaired) electrons. The molecule has 1 fully saturated rings. The summed E-state index contributed by atoms with van der Waals surface area (Å²) in [4.78, 5) is 14.6. The molecule has 0 saturated carbocycles. The molecular formula is C16H22N2O. The number of carbonyl (C=O) groups is 1. The average molecular weight is 258 g/mol. The lowest BCUT2D eigenvalue weighted by Crippen LogP contribution is -2.39. The van der Waals surface area contributed by atoms with Gasteiger partial charge in [-0.15, -0.1) is 0 Å². The highest BCUT2D eigenvalue weighted by Gasteiger charge is 2.24. The summed E-state index contributed by atoms with van der Waals surface area (Å²) in [6.07, 6.45) is 4.67. The monoisotopic (exact) mass is 258 g/mol. The number of amides is 1. The van der Waals surface area contributed by atoms with Gasteiger partial charge in [0, 0.05) is 30.9 Å². The van der Waals surface area contributed by atoms with Gasteiger partial charge in [0.25, 0.3) is 5.91 Å². The Labute approximate surface area is 115 Å². The highest BCUT2D eigenvalue weighted by Crippen LogP contribution is 2.25. The Morgan fingerprint density at radius 1 is 1.47 bits per heavy atom. The highest BCUT2D eigenvalue weighted by atomic mass is 16.2. The van der Waals surface area contributed by atoms with Gasteiger partial charge in [-0.3, -0.25) is 4.79 Å². The Morgan fingerprint density at radius 2 is 2.37 bits per heavy atom. The molecule has 1 saturated heterocycles. The van der Waals surface area contributed by atoms with Crippen LogP contribution in [0.1, 0.15) is 42.1 Å². The predicted octanol–water partition coefficient (Wildman–Crippen LogP) is 2.92. The van der Waals surface area contributed by atoms with E-state index in [1.807, 2.05) is 17.0 Å². The molecule has 1 atom stereocenters. The van der Waals surface area contributed by atoms with Crippen molar-refractivity contribution in [3.8, 4) is 0 Å². The van der Waals surface area contributed by atoms with E-state index >= 15 is 0 Å². The zero-order valence-electron chi connectivity index (χ0n) is 11.6. The number of fused-ring (bicyclic) bond motifs is 1. The van der Waals surface area contributed by atoms with Gasteiger partial charge in [-0.05, 0) is 42.9 Å². The summed E-state index contributed by atoms with van der Waals surface area (Å²) in [5.74, 6) is 0.889. The van der Waals surface area contributed by atoms with Crippen LogP contribution in [0.4, 0.5) is 5.69 Å². The molecule has 2 aliphatic heterocycles. The number of nitrogens with zero attached hydrogens (tertiary/aromatic N) is 1. The van der Waals surface area contributed by atoms with Gasteiger partial charge in [-0.2, -0.15) is 0 Å². The van der Waals surface area contributed by atoms with Gasteiger partial charge in [0.05, 0.1) is 0 Å². The van der Waals surface area contributed by atoms with Gasteiger partial charge < -0.3 is 10.2 Å². The molecule has 1 amide bonds. The first-order chi connectivity index (χ1) is 9.28. The molecule has 3 nitrogen and oxygen atoms in total. The fourth-order valence-electron chi connectivity index (χ4n) is 3.19. The summed E-state index contributed by atoms with van der Waals surface area (Å²) >= 11 is 0. The zero-order valence-corrected chi connectivity index (χ0v) is 11.6.